The summed E-state index contributed by atoms with van der Waals surface area (Å²) in [4.78, 5) is 4.15. The van der Waals surface area contributed by atoms with Crippen LogP contribution in [0.5, 0.6) is 0 Å². The topological polar surface area (TPSA) is 29.9 Å². The van der Waals surface area contributed by atoms with Crippen LogP contribution in [0.3, 0.4) is 0 Å². The first-order valence-electron chi connectivity index (χ1n) is 5.73. The van der Waals surface area contributed by atoms with E-state index in [9.17, 15) is 0 Å². The van der Waals surface area contributed by atoms with E-state index < -0.39 is 0 Å². The van der Waals surface area contributed by atoms with E-state index in [1.54, 1.807) is 0 Å². The van der Waals surface area contributed by atoms with Crippen LogP contribution in [-0.4, -0.2) is 9.55 Å². The molecule has 1 heterocycles. The Morgan fingerprint density at radius 3 is 3.00 bits per heavy atom. The molecule has 0 aliphatic carbocycles. The van der Waals surface area contributed by atoms with Crippen LogP contribution in [0.15, 0.2) is 41.3 Å². The Balaban J connectivity index is 1.87. The minimum atomic E-state index is 0.848. The molecule has 1 aromatic heterocycles. The molecule has 0 aliphatic heterocycles. The molecular weight excluding hydrogens is 278 g/mol. The number of benzene rings is 1. The van der Waals surface area contributed by atoms with Gasteiger partial charge in [0.1, 0.15) is 0 Å². The van der Waals surface area contributed by atoms with Gasteiger partial charge in [0.25, 0.3) is 0 Å². The van der Waals surface area contributed by atoms with Gasteiger partial charge >= 0.3 is 0 Å². The van der Waals surface area contributed by atoms with Gasteiger partial charge in [0.05, 0.1) is 12.0 Å². The SMILES string of the molecule is CCn1cncc1CNCc1cccc(Br)c1. The molecule has 0 unspecified atom stereocenters. The number of aryl methyl sites for hydroxylation is 1. The van der Waals surface area contributed by atoms with Gasteiger partial charge in [-0.2, -0.15) is 0 Å². The third kappa shape index (κ3) is 3.41. The third-order valence-corrected chi connectivity index (χ3v) is 3.16. The van der Waals surface area contributed by atoms with Gasteiger partial charge in [-0.3, -0.25) is 0 Å². The summed E-state index contributed by atoms with van der Waals surface area (Å²) in [5, 5.41) is 3.42. The standard InChI is InChI=1S/C13H16BrN3/c1-2-17-10-16-9-13(17)8-15-7-11-4-3-5-12(14)6-11/h3-6,9-10,15H,2,7-8H2,1H3. The van der Waals surface area contributed by atoms with E-state index in [-0.39, 0.29) is 0 Å². The molecule has 2 rings (SSSR count). The Kier molecular flexibility index (Phi) is 4.34. The number of hydrogen-bond acceptors (Lipinski definition) is 2. The number of nitrogens with zero attached hydrogens (tertiary/aromatic N) is 2. The Labute approximate surface area is 110 Å². The van der Waals surface area contributed by atoms with Crippen molar-refractivity contribution in [1.29, 1.82) is 0 Å². The lowest BCUT2D eigenvalue weighted by molar-refractivity contribution is 0.628. The van der Waals surface area contributed by atoms with Crippen LogP contribution in [0.25, 0.3) is 0 Å². The Morgan fingerprint density at radius 2 is 2.24 bits per heavy atom. The van der Waals surface area contributed by atoms with E-state index >= 15 is 0 Å². The molecule has 0 saturated heterocycles. The summed E-state index contributed by atoms with van der Waals surface area (Å²) in [6, 6.07) is 8.34. The highest BCUT2D eigenvalue weighted by atomic mass is 79.9. The zero-order valence-corrected chi connectivity index (χ0v) is 11.4. The van der Waals surface area contributed by atoms with E-state index in [1.165, 1.54) is 11.3 Å². The summed E-state index contributed by atoms with van der Waals surface area (Å²) in [5.41, 5.74) is 2.50. The molecule has 90 valence electrons. The Bertz CT molecular complexity index is 479. The average Bonchev–Trinajstić information content (AvgIpc) is 2.77. The van der Waals surface area contributed by atoms with Crippen molar-refractivity contribution in [2.45, 2.75) is 26.6 Å². The zero-order valence-electron chi connectivity index (χ0n) is 9.86. The molecule has 0 fully saturated rings. The van der Waals surface area contributed by atoms with E-state index in [0.717, 1.165) is 24.1 Å². The number of hydrogen-bond donors (Lipinski definition) is 1. The molecule has 0 atom stereocenters. The molecule has 0 radical (unpaired) electrons. The first-order chi connectivity index (χ1) is 8.29. The van der Waals surface area contributed by atoms with Crippen molar-refractivity contribution in [2.75, 3.05) is 0 Å². The third-order valence-electron chi connectivity index (χ3n) is 2.66. The van der Waals surface area contributed by atoms with Crippen molar-refractivity contribution in [1.82, 2.24) is 14.9 Å². The van der Waals surface area contributed by atoms with Gasteiger partial charge in [-0.15, -0.1) is 0 Å². The maximum absolute atomic E-state index is 4.15. The Morgan fingerprint density at radius 1 is 1.35 bits per heavy atom. The predicted octanol–water partition coefficient (Wildman–Crippen LogP) is 2.96. The molecule has 2 aromatic rings. The molecular formula is C13H16BrN3. The van der Waals surface area contributed by atoms with Gasteiger partial charge in [0, 0.05) is 30.3 Å². The summed E-state index contributed by atoms with van der Waals surface area (Å²) >= 11 is 3.47. The monoisotopic (exact) mass is 293 g/mol. The highest BCUT2D eigenvalue weighted by Crippen LogP contribution is 2.11. The van der Waals surface area contributed by atoms with Crippen molar-refractivity contribution in [3.05, 3.63) is 52.5 Å². The highest BCUT2D eigenvalue weighted by molar-refractivity contribution is 9.10. The van der Waals surface area contributed by atoms with Gasteiger partial charge in [0.2, 0.25) is 0 Å². The number of imidazole rings is 1. The minimum absolute atomic E-state index is 0.848. The number of nitrogens with one attached hydrogen (secondary N) is 1. The van der Waals surface area contributed by atoms with Crippen molar-refractivity contribution in [3.8, 4) is 0 Å². The quantitative estimate of drug-likeness (QED) is 0.919. The van der Waals surface area contributed by atoms with E-state index in [4.69, 9.17) is 0 Å². The van der Waals surface area contributed by atoms with Crippen molar-refractivity contribution >= 4 is 15.9 Å². The van der Waals surface area contributed by atoms with Gasteiger partial charge in [0.15, 0.2) is 0 Å². The lowest BCUT2D eigenvalue weighted by Gasteiger charge is -2.07. The van der Waals surface area contributed by atoms with Crippen LogP contribution >= 0.6 is 15.9 Å². The van der Waals surface area contributed by atoms with Gasteiger partial charge in [-0.05, 0) is 24.6 Å². The highest BCUT2D eigenvalue weighted by Gasteiger charge is 1.99. The van der Waals surface area contributed by atoms with Crippen LogP contribution in [0.2, 0.25) is 0 Å². The molecule has 3 nitrogen and oxygen atoms in total. The zero-order chi connectivity index (χ0) is 12.1. The number of halogens is 1. The molecule has 0 amide bonds. The van der Waals surface area contributed by atoms with Crippen molar-refractivity contribution in [2.24, 2.45) is 0 Å². The lowest BCUT2D eigenvalue weighted by Crippen LogP contribution is -2.15. The van der Waals surface area contributed by atoms with E-state index in [2.05, 4.69) is 55.9 Å². The van der Waals surface area contributed by atoms with Crippen LogP contribution in [0.4, 0.5) is 0 Å². The van der Waals surface area contributed by atoms with E-state index in [0.29, 0.717) is 0 Å². The molecule has 17 heavy (non-hydrogen) atoms. The largest absolute Gasteiger partial charge is 0.334 e. The first kappa shape index (κ1) is 12.3. The summed E-state index contributed by atoms with van der Waals surface area (Å²) in [6.07, 6.45) is 3.79. The van der Waals surface area contributed by atoms with Crippen molar-refractivity contribution in [3.63, 3.8) is 0 Å². The van der Waals surface area contributed by atoms with Crippen LogP contribution < -0.4 is 5.32 Å². The summed E-state index contributed by atoms with van der Waals surface area (Å²) in [5.74, 6) is 0. The lowest BCUT2D eigenvalue weighted by atomic mass is 10.2. The molecule has 1 N–H and O–H groups in total. The number of aromatic nitrogens is 2. The Hall–Kier alpha value is -1.13. The molecule has 0 spiro atoms. The molecule has 0 bridgehead atoms. The minimum Gasteiger partial charge on any atom is -0.334 e. The van der Waals surface area contributed by atoms with Crippen LogP contribution in [0.1, 0.15) is 18.2 Å². The average molecular weight is 294 g/mol. The van der Waals surface area contributed by atoms with Crippen molar-refractivity contribution < 1.29 is 0 Å². The fourth-order valence-electron chi connectivity index (χ4n) is 1.76. The second kappa shape index (κ2) is 5.98. The van der Waals surface area contributed by atoms with Crippen LogP contribution in [-0.2, 0) is 19.6 Å². The fraction of sp³-hybridized carbons (Fsp3) is 0.308. The smallest absolute Gasteiger partial charge is 0.0948 e. The maximum atomic E-state index is 4.15. The van der Waals surface area contributed by atoms with Gasteiger partial charge in [-0.1, -0.05) is 28.1 Å². The van der Waals surface area contributed by atoms with Gasteiger partial charge in [-0.25, -0.2) is 4.98 Å². The number of rotatable bonds is 5. The summed E-state index contributed by atoms with van der Waals surface area (Å²) in [6.45, 7) is 4.81. The summed E-state index contributed by atoms with van der Waals surface area (Å²) < 4.78 is 3.27. The normalized spacial score (nSPS) is 10.7. The van der Waals surface area contributed by atoms with Gasteiger partial charge < -0.3 is 9.88 Å². The molecule has 0 saturated carbocycles. The predicted molar refractivity (Wildman–Crippen MR) is 72.6 cm³/mol. The first-order valence-corrected chi connectivity index (χ1v) is 6.53. The second-order valence-electron chi connectivity index (χ2n) is 3.90. The second-order valence-corrected chi connectivity index (χ2v) is 4.82. The molecule has 1 aromatic carbocycles. The summed E-state index contributed by atoms with van der Waals surface area (Å²) in [7, 11) is 0. The fourth-order valence-corrected chi connectivity index (χ4v) is 2.21. The van der Waals surface area contributed by atoms with E-state index in [1.807, 2.05) is 18.6 Å². The maximum Gasteiger partial charge on any atom is 0.0948 e. The van der Waals surface area contributed by atoms with Crippen LogP contribution in [0, 0.1) is 0 Å². The molecule has 0 aliphatic rings. The molecule has 4 heteroatoms.